The van der Waals surface area contributed by atoms with Gasteiger partial charge < -0.3 is 54.0 Å². The number of carbonyl (C=O) groups is 2. The van der Waals surface area contributed by atoms with E-state index >= 15 is 0 Å². The summed E-state index contributed by atoms with van der Waals surface area (Å²) in [6.07, 6.45) is -12.6. The summed E-state index contributed by atoms with van der Waals surface area (Å²) in [5.74, 6) is -3.36. The molecule has 240 valence electrons. The van der Waals surface area contributed by atoms with Crippen molar-refractivity contribution >= 4 is 27.9 Å². The number of amides is 1. The predicted molar refractivity (Wildman–Crippen MR) is 132 cm³/mol. The van der Waals surface area contributed by atoms with Gasteiger partial charge in [0.25, 0.3) is 0 Å². The van der Waals surface area contributed by atoms with Crippen molar-refractivity contribution in [1.29, 1.82) is 0 Å². The predicted octanol–water partition coefficient (Wildman–Crippen LogP) is -1.94. The van der Waals surface area contributed by atoms with Crippen LogP contribution in [0, 0.1) is 0 Å². The van der Waals surface area contributed by atoms with Crippen LogP contribution in [0.4, 0.5) is 13.2 Å². The molecule has 1 aliphatic carbocycles. The first kappa shape index (κ1) is 33.0. The van der Waals surface area contributed by atoms with Crippen LogP contribution in [0.3, 0.4) is 0 Å². The van der Waals surface area contributed by atoms with Gasteiger partial charge in [0, 0.05) is 5.57 Å². The molecule has 0 aromatic heterocycles. The van der Waals surface area contributed by atoms with Gasteiger partial charge >= 0.3 is 15.6 Å². The van der Waals surface area contributed by atoms with Crippen molar-refractivity contribution in [3.63, 3.8) is 0 Å². The molecule has 0 spiro atoms. The Hall–Kier alpha value is -2.88. The zero-order valence-electron chi connectivity index (χ0n) is 22.2. The fraction of sp³-hybridized carbons (Fsp3) is 0.583. The van der Waals surface area contributed by atoms with E-state index in [0.717, 1.165) is 31.2 Å². The summed E-state index contributed by atoms with van der Waals surface area (Å²) in [6, 6.07) is 1.41. The Bertz CT molecular complexity index is 1370. The van der Waals surface area contributed by atoms with Crippen LogP contribution in [0.25, 0.3) is 6.08 Å². The molecular weight excluding hydrogens is 615 g/mol. The molecule has 2 aliphatic heterocycles. The molecule has 1 unspecified atom stereocenters. The molecule has 1 aromatic rings. The van der Waals surface area contributed by atoms with Crippen LogP contribution < -0.4 is 14.2 Å². The maximum atomic E-state index is 13.1. The maximum Gasteiger partial charge on any atom is 0.534 e. The first-order chi connectivity index (χ1) is 19.9. The summed E-state index contributed by atoms with van der Waals surface area (Å²) in [7, 11) is -6.25. The number of alkyl halides is 3. The molecule has 0 bridgehead atoms. The molecule has 1 amide bonds. The molecule has 19 heteroatoms. The van der Waals surface area contributed by atoms with Crippen LogP contribution >= 0.6 is 0 Å². The van der Waals surface area contributed by atoms with E-state index < -0.39 is 100.0 Å². The fourth-order valence-electron chi connectivity index (χ4n) is 4.68. The van der Waals surface area contributed by atoms with Crippen molar-refractivity contribution < 1.29 is 79.8 Å². The van der Waals surface area contributed by atoms with Gasteiger partial charge in [0.2, 0.25) is 12.2 Å². The summed E-state index contributed by atoms with van der Waals surface area (Å²) in [5, 5.41) is 53.7. The van der Waals surface area contributed by atoms with Crippen molar-refractivity contribution in [2.75, 3.05) is 6.79 Å². The monoisotopic (exact) mass is 643 g/mol. The van der Waals surface area contributed by atoms with E-state index in [1.165, 1.54) is 6.92 Å². The second kappa shape index (κ2) is 12.3. The highest BCUT2D eigenvalue weighted by atomic mass is 32.2. The van der Waals surface area contributed by atoms with E-state index in [2.05, 4.69) is 9.50 Å². The lowest BCUT2D eigenvalue weighted by molar-refractivity contribution is -0.155. The van der Waals surface area contributed by atoms with Crippen LogP contribution in [0.1, 0.15) is 19.4 Å². The summed E-state index contributed by atoms with van der Waals surface area (Å²) in [6.45, 7) is 2.03. The van der Waals surface area contributed by atoms with Gasteiger partial charge in [-0.2, -0.15) is 21.6 Å². The van der Waals surface area contributed by atoms with E-state index in [1.54, 1.807) is 0 Å². The summed E-state index contributed by atoms with van der Waals surface area (Å²) in [5.41, 5.74) is -6.11. The second-order valence-electron chi connectivity index (χ2n) is 10.0. The topological polar surface area (TPSA) is 228 Å². The number of aliphatic hydroxyl groups is 5. The number of rotatable bonds is 8. The zero-order valence-corrected chi connectivity index (χ0v) is 23.1. The van der Waals surface area contributed by atoms with Crippen molar-refractivity contribution in [2.45, 2.75) is 80.5 Å². The standard InChI is InChI=1S/C24H28F3NO14S/c1-8(22(35)28-13-14(30)16(32)21-20(15(13)31)38-7-39-21)5-10-3-4-11(12(6-10)42-43(36,37)24(25,26)27)40-23-18(34)17(33)19(41-23)9(2)29/h3-6,13-21,23,30-34H,7H2,1-2H3,(H,28,35)/b8-5+/t13?,14-,15+,16+,17-,18-,19+,20-,21+,23+/m0/s1. The van der Waals surface area contributed by atoms with Crippen molar-refractivity contribution in [2.24, 2.45) is 0 Å². The van der Waals surface area contributed by atoms with E-state index in [-0.39, 0.29) is 17.9 Å². The molecule has 15 nitrogen and oxygen atoms in total. The van der Waals surface area contributed by atoms with Gasteiger partial charge in [-0.3, -0.25) is 9.59 Å². The number of halogens is 3. The smallest absolute Gasteiger partial charge is 0.458 e. The first-order valence-electron chi connectivity index (χ1n) is 12.5. The Balaban J connectivity index is 1.58. The molecule has 0 radical (unpaired) electrons. The zero-order chi connectivity index (χ0) is 32.0. The largest absolute Gasteiger partial charge is 0.534 e. The number of aliphatic hydroxyl groups excluding tert-OH is 5. The molecule has 43 heavy (non-hydrogen) atoms. The molecular formula is C24H28F3NO14S. The highest BCUT2D eigenvalue weighted by molar-refractivity contribution is 7.88. The lowest BCUT2D eigenvalue weighted by Crippen LogP contribution is -2.67. The second-order valence-corrected chi connectivity index (χ2v) is 11.5. The summed E-state index contributed by atoms with van der Waals surface area (Å²) < 4.78 is 87.7. The van der Waals surface area contributed by atoms with Gasteiger partial charge in [-0.05, 0) is 37.6 Å². The molecule has 10 atom stereocenters. The SMILES string of the molecule is CC(=O)[C@H]1O[C@@H](Oc2ccc(/C=C(\C)C(=O)NC3[C@@H](O)[C@@H]4OCO[C@@H]4[C@H](O)[C@H]3O)cc2OS(=O)(=O)C(F)(F)F)[C@@H](O)[C@@H]1O. The minimum atomic E-state index is -6.25. The van der Waals surface area contributed by atoms with Crippen molar-refractivity contribution in [3.8, 4) is 11.5 Å². The number of ether oxygens (including phenoxy) is 4. The molecule has 4 rings (SSSR count). The minimum Gasteiger partial charge on any atom is -0.458 e. The lowest BCUT2D eigenvalue weighted by atomic mass is 9.83. The molecule has 1 aromatic carbocycles. The molecule has 6 N–H and O–H groups in total. The van der Waals surface area contributed by atoms with Gasteiger partial charge in [-0.25, -0.2) is 0 Å². The Morgan fingerprint density at radius 3 is 2.16 bits per heavy atom. The minimum absolute atomic E-state index is 0.0979. The highest BCUT2D eigenvalue weighted by Crippen LogP contribution is 2.37. The Kier molecular flexibility index (Phi) is 9.41. The van der Waals surface area contributed by atoms with Crippen LogP contribution in [0.2, 0.25) is 0 Å². The van der Waals surface area contributed by atoms with Crippen LogP contribution in [-0.4, -0.2) is 119 Å². The molecule has 2 heterocycles. The fourth-order valence-corrected chi connectivity index (χ4v) is 5.14. The lowest BCUT2D eigenvalue weighted by Gasteiger charge is -2.41. The van der Waals surface area contributed by atoms with Crippen molar-refractivity contribution in [3.05, 3.63) is 29.3 Å². The number of carbonyl (C=O) groups excluding carboxylic acids is 2. The third-order valence-corrected chi connectivity index (χ3v) is 7.92. The van der Waals surface area contributed by atoms with E-state index in [1.807, 2.05) is 0 Å². The van der Waals surface area contributed by atoms with Gasteiger partial charge in [-0.1, -0.05) is 6.07 Å². The Morgan fingerprint density at radius 1 is 0.953 bits per heavy atom. The molecule has 1 saturated carbocycles. The average Bonchev–Trinajstić information content (AvgIpc) is 3.51. The third-order valence-electron chi connectivity index (χ3n) is 6.96. The third kappa shape index (κ3) is 6.64. The number of ketones is 1. The van der Waals surface area contributed by atoms with E-state index in [4.69, 9.17) is 18.9 Å². The number of hydrogen-bond acceptors (Lipinski definition) is 14. The van der Waals surface area contributed by atoms with E-state index in [9.17, 15) is 56.7 Å². The van der Waals surface area contributed by atoms with Crippen LogP contribution in [0.15, 0.2) is 23.8 Å². The first-order valence-corrected chi connectivity index (χ1v) is 13.9. The Labute approximate surface area is 241 Å². The van der Waals surface area contributed by atoms with Crippen LogP contribution in [-0.2, 0) is 33.9 Å². The molecule has 3 fully saturated rings. The quantitative estimate of drug-likeness (QED) is 0.103. The summed E-state index contributed by atoms with van der Waals surface area (Å²) >= 11 is 0. The number of nitrogens with one attached hydrogen (secondary N) is 1. The maximum absolute atomic E-state index is 13.1. The summed E-state index contributed by atoms with van der Waals surface area (Å²) in [4.78, 5) is 24.5. The normalized spacial score (nSPS) is 34.9. The molecule has 3 aliphatic rings. The number of Topliss-reactive ketones (excluding diaryl/α,β-unsaturated/α-hetero) is 1. The van der Waals surface area contributed by atoms with Gasteiger partial charge in [0.15, 0.2) is 17.3 Å². The number of fused-ring (bicyclic) bond motifs is 1. The van der Waals surface area contributed by atoms with Gasteiger partial charge in [0.05, 0.1) is 6.04 Å². The number of hydrogen-bond donors (Lipinski definition) is 6. The van der Waals surface area contributed by atoms with Crippen molar-refractivity contribution in [1.82, 2.24) is 5.32 Å². The Morgan fingerprint density at radius 2 is 1.58 bits per heavy atom. The number of benzene rings is 1. The van der Waals surface area contributed by atoms with Gasteiger partial charge in [-0.15, -0.1) is 0 Å². The average molecular weight is 644 g/mol. The highest BCUT2D eigenvalue weighted by Gasteiger charge is 2.54. The van der Waals surface area contributed by atoms with Crippen LogP contribution in [0.5, 0.6) is 11.5 Å². The van der Waals surface area contributed by atoms with Gasteiger partial charge in [0.1, 0.15) is 55.6 Å². The van der Waals surface area contributed by atoms with E-state index in [0.29, 0.717) is 0 Å². The molecule has 2 saturated heterocycles.